The molecule has 2 rings (SSSR count). The van der Waals surface area contributed by atoms with Crippen LogP contribution in [0.1, 0.15) is 24.4 Å². The molecular formula is C14H19N3OS. The van der Waals surface area contributed by atoms with Crippen LogP contribution in [0.2, 0.25) is 0 Å². The van der Waals surface area contributed by atoms with Crippen LogP contribution in [0.5, 0.6) is 5.19 Å². The zero-order chi connectivity index (χ0) is 13.5. The van der Waals surface area contributed by atoms with Crippen LogP contribution in [0.25, 0.3) is 0 Å². The van der Waals surface area contributed by atoms with Crippen LogP contribution in [-0.2, 0) is 13.2 Å². The number of aromatic nitrogens is 2. The van der Waals surface area contributed by atoms with Crippen molar-refractivity contribution in [2.75, 3.05) is 6.54 Å². The number of ether oxygens (including phenoxy) is 1. The summed E-state index contributed by atoms with van der Waals surface area (Å²) in [5.74, 6) is 0.640. The third kappa shape index (κ3) is 4.96. The molecule has 0 spiro atoms. The monoisotopic (exact) mass is 277 g/mol. The lowest BCUT2D eigenvalue weighted by molar-refractivity contribution is 0.302. The van der Waals surface area contributed by atoms with Gasteiger partial charge in [0.25, 0.3) is 5.19 Å². The lowest BCUT2D eigenvalue weighted by atomic mass is 10.2. The summed E-state index contributed by atoms with van der Waals surface area (Å²) in [6, 6.07) is 10.1. The second kappa shape index (κ2) is 7.21. The Balaban J connectivity index is 1.77. The molecule has 0 atom stereocenters. The molecule has 0 radical (unpaired) electrons. The van der Waals surface area contributed by atoms with Crippen molar-refractivity contribution in [1.29, 1.82) is 0 Å². The van der Waals surface area contributed by atoms with E-state index in [9.17, 15) is 0 Å². The molecular weight excluding hydrogens is 258 g/mol. The molecule has 0 saturated heterocycles. The van der Waals surface area contributed by atoms with Gasteiger partial charge in [0.05, 0.1) is 0 Å². The molecule has 0 fully saturated rings. The highest BCUT2D eigenvalue weighted by atomic mass is 32.1. The smallest absolute Gasteiger partial charge is 0.294 e. The van der Waals surface area contributed by atoms with E-state index in [1.54, 1.807) is 0 Å². The van der Waals surface area contributed by atoms with Gasteiger partial charge in [0.1, 0.15) is 11.6 Å². The van der Waals surface area contributed by atoms with Gasteiger partial charge in [-0.05, 0) is 18.0 Å². The van der Waals surface area contributed by atoms with Gasteiger partial charge in [-0.3, -0.25) is 0 Å². The number of rotatable bonds is 7. The molecule has 2 aromatic rings. The van der Waals surface area contributed by atoms with Crippen LogP contribution in [0.3, 0.4) is 0 Å². The van der Waals surface area contributed by atoms with E-state index in [-0.39, 0.29) is 0 Å². The second-order valence-corrected chi connectivity index (χ2v) is 5.79. The van der Waals surface area contributed by atoms with Crippen molar-refractivity contribution >= 4 is 11.3 Å². The first-order chi connectivity index (χ1) is 9.24. The number of hydrogen-bond donors (Lipinski definition) is 1. The van der Waals surface area contributed by atoms with Gasteiger partial charge < -0.3 is 10.1 Å². The zero-order valence-corrected chi connectivity index (χ0v) is 12.1. The topological polar surface area (TPSA) is 47.0 Å². The van der Waals surface area contributed by atoms with Crippen LogP contribution in [0, 0.1) is 5.92 Å². The first-order valence-corrected chi connectivity index (χ1v) is 7.25. The SMILES string of the molecule is CC(C)CNCc1nnc(OCc2ccccc2)s1. The van der Waals surface area contributed by atoms with Gasteiger partial charge in [0, 0.05) is 6.54 Å². The van der Waals surface area contributed by atoms with E-state index in [0.29, 0.717) is 17.7 Å². The average molecular weight is 277 g/mol. The Labute approximate surface area is 117 Å². The Morgan fingerprint density at radius 1 is 1.21 bits per heavy atom. The normalized spacial score (nSPS) is 10.9. The molecule has 102 valence electrons. The number of nitrogens with one attached hydrogen (secondary N) is 1. The number of nitrogens with zero attached hydrogens (tertiary/aromatic N) is 2. The van der Waals surface area contributed by atoms with Gasteiger partial charge in [0.15, 0.2) is 0 Å². The highest BCUT2D eigenvalue weighted by Crippen LogP contribution is 2.18. The molecule has 5 heteroatoms. The largest absolute Gasteiger partial charge is 0.464 e. The minimum absolute atomic E-state index is 0.537. The van der Waals surface area contributed by atoms with Crippen LogP contribution in [0.4, 0.5) is 0 Å². The third-order valence-electron chi connectivity index (χ3n) is 2.48. The molecule has 0 bridgehead atoms. The summed E-state index contributed by atoms with van der Waals surface area (Å²) < 4.78 is 5.62. The minimum Gasteiger partial charge on any atom is -0.464 e. The Morgan fingerprint density at radius 3 is 2.74 bits per heavy atom. The van der Waals surface area contributed by atoms with E-state index < -0.39 is 0 Å². The summed E-state index contributed by atoms with van der Waals surface area (Å²) in [7, 11) is 0. The fraction of sp³-hybridized carbons (Fsp3) is 0.429. The van der Waals surface area contributed by atoms with E-state index in [1.807, 2.05) is 30.3 Å². The van der Waals surface area contributed by atoms with E-state index in [2.05, 4.69) is 29.4 Å². The summed E-state index contributed by atoms with van der Waals surface area (Å²) in [6.45, 7) is 6.64. The lowest BCUT2D eigenvalue weighted by Crippen LogP contribution is -2.18. The van der Waals surface area contributed by atoms with Gasteiger partial charge in [-0.2, -0.15) is 0 Å². The maximum atomic E-state index is 5.62. The molecule has 0 aliphatic rings. The molecule has 0 aliphatic carbocycles. The van der Waals surface area contributed by atoms with Crippen LogP contribution >= 0.6 is 11.3 Å². The molecule has 0 saturated carbocycles. The highest BCUT2D eigenvalue weighted by Gasteiger charge is 2.05. The molecule has 0 amide bonds. The van der Waals surface area contributed by atoms with Crippen LogP contribution in [-0.4, -0.2) is 16.7 Å². The van der Waals surface area contributed by atoms with E-state index in [1.165, 1.54) is 11.3 Å². The van der Waals surface area contributed by atoms with Crippen molar-refractivity contribution in [2.24, 2.45) is 5.92 Å². The van der Waals surface area contributed by atoms with E-state index >= 15 is 0 Å². The van der Waals surface area contributed by atoms with Gasteiger partial charge in [-0.25, -0.2) is 0 Å². The first-order valence-electron chi connectivity index (χ1n) is 6.44. The summed E-state index contributed by atoms with van der Waals surface area (Å²) >= 11 is 1.50. The maximum absolute atomic E-state index is 5.62. The van der Waals surface area contributed by atoms with Crippen molar-refractivity contribution in [1.82, 2.24) is 15.5 Å². The van der Waals surface area contributed by atoms with Gasteiger partial charge >= 0.3 is 0 Å². The maximum Gasteiger partial charge on any atom is 0.294 e. The second-order valence-electron chi connectivity index (χ2n) is 4.76. The molecule has 0 aliphatic heterocycles. The molecule has 1 aromatic heterocycles. The average Bonchev–Trinajstić information content (AvgIpc) is 2.85. The molecule has 19 heavy (non-hydrogen) atoms. The predicted molar refractivity (Wildman–Crippen MR) is 77.2 cm³/mol. The third-order valence-corrected chi connectivity index (χ3v) is 3.32. The Kier molecular flexibility index (Phi) is 5.30. The summed E-state index contributed by atoms with van der Waals surface area (Å²) in [6.07, 6.45) is 0. The van der Waals surface area contributed by atoms with Crippen molar-refractivity contribution in [3.8, 4) is 5.19 Å². The van der Waals surface area contributed by atoms with Gasteiger partial charge in [-0.15, -0.1) is 5.10 Å². The number of hydrogen-bond acceptors (Lipinski definition) is 5. The molecule has 0 unspecified atom stereocenters. The standard InChI is InChI=1S/C14H19N3OS/c1-11(2)8-15-9-13-16-17-14(19-13)18-10-12-6-4-3-5-7-12/h3-7,11,15H,8-10H2,1-2H3. The van der Waals surface area contributed by atoms with Crippen LogP contribution in [0.15, 0.2) is 30.3 Å². The van der Waals surface area contributed by atoms with Crippen molar-refractivity contribution < 1.29 is 4.74 Å². The van der Waals surface area contributed by atoms with Gasteiger partial charge in [0.2, 0.25) is 0 Å². The summed E-state index contributed by atoms with van der Waals surface area (Å²) in [4.78, 5) is 0. The van der Waals surface area contributed by atoms with Crippen LogP contribution < -0.4 is 10.1 Å². The summed E-state index contributed by atoms with van der Waals surface area (Å²) in [5, 5.41) is 13.1. The van der Waals surface area contributed by atoms with Gasteiger partial charge in [-0.1, -0.05) is 60.6 Å². The van der Waals surface area contributed by atoms with Crippen molar-refractivity contribution in [2.45, 2.75) is 27.0 Å². The quantitative estimate of drug-likeness (QED) is 0.845. The van der Waals surface area contributed by atoms with Crippen molar-refractivity contribution in [3.63, 3.8) is 0 Å². The molecule has 4 nitrogen and oxygen atoms in total. The van der Waals surface area contributed by atoms with E-state index in [0.717, 1.165) is 23.7 Å². The number of benzene rings is 1. The molecule has 1 N–H and O–H groups in total. The fourth-order valence-corrected chi connectivity index (χ4v) is 2.21. The summed E-state index contributed by atoms with van der Waals surface area (Å²) in [5.41, 5.74) is 1.14. The van der Waals surface area contributed by atoms with Crippen molar-refractivity contribution in [3.05, 3.63) is 40.9 Å². The zero-order valence-electron chi connectivity index (χ0n) is 11.3. The Morgan fingerprint density at radius 2 is 2.00 bits per heavy atom. The lowest BCUT2D eigenvalue weighted by Gasteiger charge is -2.04. The molecule has 1 aromatic carbocycles. The minimum atomic E-state index is 0.537. The first kappa shape index (κ1) is 14.0. The highest BCUT2D eigenvalue weighted by molar-refractivity contribution is 7.13. The fourth-order valence-electron chi connectivity index (χ4n) is 1.56. The van der Waals surface area contributed by atoms with E-state index in [4.69, 9.17) is 4.74 Å². The Hall–Kier alpha value is -1.46. The molecule has 1 heterocycles. The Bertz CT molecular complexity index is 484. The predicted octanol–water partition coefficient (Wildman–Crippen LogP) is 2.86.